The minimum absolute atomic E-state index is 0. The van der Waals surface area contributed by atoms with Gasteiger partial charge in [0.25, 0.3) is 0 Å². The fraction of sp³-hybridized carbons (Fsp3) is 0.0227. The lowest BCUT2D eigenvalue weighted by Crippen LogP contribution is -1.96. The SMILES string of the molecule is C.c1cnc2c3cc(-n4c5ccncc5c5cnccc54)ccc3n(-c3ccc(-c4ccc(-n5c6ccncc6c6cnccc65)cc4)cc3)c2c1. The lowest BCUT2D eigenvalue weighted by atomic mass is 10.0. The van der Waals surface area contributed by atoms with Crippen molar-refractivity contribution in [2.75, 3.05) is 0 Å². The molecule has 52 heavy (non-hydrogen) atoms. The first kappa shape index (κ1) is 29.7. The third-order valence-corrected chi connectivity index (χ3v) is 10.1. The number of nitrogens with zero attached hydrogens (tertiary/aromatic N) is 8. The molecule has 11 rings (SSSR count). The van der Waals surface area contributed by atoms with E-state index in [1.165, 1.54) is 0 Å². The Bertz CT molecular complexity index is 3030. The van der Waals surface area contributed by atoms with Crippen molar-refractivity contribution in [1.82, 2.24) is 38.6 Å². The van der Waals surface area contributed by atoms with Crippen LogP contribution in [0.5, 0.6) is 0 Å². The number of hydrogen-bond acceptors (Lipinski definition) is 5. The van der Waals surface area contributed by atoms with Crippen molar-refractivity contribution < 1.29 is 0 Å². The molecule has 0 amide bonds. The van der Waals surface area contributed by atoms with E-state index in [1.807, 2.05) is 61.8 Å². The van der Waals surface area contributed by atoms with Crippen molar-refractivity contribution in [3.8, 4) is 28.2 Å². The molecule has 0 aliphatic rings. The molecular weight excluding hydrogens is 641 g/mol. The summed E-state index contributed by atoms with van der Waals surface area (Å²) in [5.74, 6) is 0. The maximum absolute atomic E-state index is 4.88. The standard InChI is InChI=1S/C43H26N8.CH4/c1-2-42-43(48-17-1)32-22-31(51-40-15-20-46-25-35(40)36-26-47-21-16-41(36)51)11-12-37(32)50(42)30-9-5-28(6-10-30)27-3-7-29(8-4-27)49-38-13-18-44-23-33(38)34-24-45-19-14-39(34)49;/h1-26H;1H4. The third kappa shape index (κ3) is 4.24. The summed E-state index contributed by atoms with van der Waals surface area (Å²) >= 11 is 0. The van der Waals surface area contributed by atoms with Gasteiger partial charge in [-0.25, -0.2) is 0 Å². The van der Waals surface area contributed by atoms with Gasteiger partial charge in [0.05, 0.1) is 38.6 Å². The molecule has 0 atom stereocenters. The van der Waals surface area contributed by atoms with Crippen LogP contribution in [0.15, 0.2) is 159 Å². The molecule has 3 aromatic carbocycles. The highest BCUT2D eigenvalue weighted by molar-refractivity contribution is 6.11. The van der Waals surface area contributed by atoms with Gasteiger partial charge < -0.3 is 13.7 Å². The summed E-state index contributed by atoms with van der Waals surface area (Å²) < 4.78 is 6.87. The van der Waals surface area contributed by atoms with Gasteiger partial charge in [-0.05, 0) is 90.0 Å². The lowest BCUT2D eigenvalue weighted by molar-refractivity contribution is 1.16. The summed E-state index contributed by atoms with van der Waals surface area (Å²) in [7, 11) is 0. The van der Waals surface area contributed by atoms with Gasteiger partial charge in [-0.2, -0.15) is 0 Å². The molecule has 0 radical (unpaired) electrons. The Balaban J connectivity index is 0.00000338. The lowest BCUT2D eigenvalue weighted by Gasteiger charge is -2.11. The summed E-state index contributed by atoms with van der Waals surface area (Å²) in [6.45, 7) is 0. The topological polar surface area (TPSA) is 79.2 Å². The first-order valence-corrected chi connectivity index (χ1v) is 16.8. The van der Waals surface area contributed by atoms with Gasteiger partial charge >= 0.3 is 0 Å². The van der Waals surface area contributed by atoms with Crippen LogP contribution in [0.1, 0.15) is 7.43 Å². The molecule has 0 saturated carbocycles. The van der Waals surface area contributed by atoms with Gasteiger partial charge in [-0.3, -0.25) is 24.9 Å². The van der Waals surface area contributed by atoms with E-state index in [-0.39, 0.29) is 7.43 Å². The van der Waals surface area contributed by atoms with Gasteiger partial charge in [-0.15, -0.1) is 0 Å². The maximum atomic E-state index is 4.88. The van der Waals surface area contributed by atoms with E-state index in [0.29, 0.717) is 0 Å². The Morgan fingerprint density at radius 2 is 0.750 bits per heavy atom. The van der Waals surface area contributed by atoms with Crippen LogP contribution < -0.4 is 0 Å². The number of fused-ring (bicyclic) bond motifs is 9. The fourth-order valence-corrected chi connectivity index (χ4v) is 7.82. The molecule has 0 aliphatic carbocycles. The molecule has 11 aromatic rings. The first-order chi connectivity index (χ1) is 25.3. The largest absolute Gasteiger partial charge is 0.309 e. The molecule has 0 N–H and O–H groups in total. The minimum Gasteiger partial charge on any atom is -0.309 e. The van der Waals surface area contributed by atoms with Gasteiger partial charge in [0.2, 0.25) is 0 Å². The Labute approximate surface area is 297 Å². The van der Waals surface area contributed by atoms with Crippen molar-refractivity contribution in [3.63, 3.8) is 0 Å². The van der Waals surface area contributed by atoms with Crippen molar-refractivity contribution in [1.29, 1.82) is 0 Å². The number of hydrogen-bond donors (Lipinski definition) is 0. The van der Waals surface area contributed by atoms with E-state index in [9.17, 15) is 0 Å². The Morgan fingerprint density at radius 1 is 0.346 bits per heavy atom. The van der Waals surface area contributed by atoms with Crippen LogP contribution in [0.4, 0.5) is 0 Å². The predicted molar refractivity (Wildman–Crippen MR) is 211 cm³/mol. The van der Waals surface area contributed by atoms with Crippen LogP contribution in [0.2, 0.25) is 0 Å². The molecule has 0 fully saturated rings. The molecule has 8 aromatic heterocycles. The second-order valence-corrected chi connectivity index (χ2v) is 12.7. The van der Waals surface area contributed by atoms with Crippen LogP contribution in [-0.4, -0.2) is 38.6 Å². The van der Waals surface area contributed by atoms with E-state index in [2.05, 4.69) is 131 Å². The van der Waals surface area contributed by atoms with E-state index < -0.39 is 0 Å². The summed E-state index contributed by atoms with van der Waals surface area (Å²) in [6.07, 6.45) is 16.9. The van der Waals surface area contributed by atoms with Crippen LogP contribution >= 0.6 is 0 Å². The van der Waals surface area contributed by atoms with Crippen molar-refractivity contribution in [2.24, 2.45) is 0 Å². The van der Waals surface area contributed by atoms with E-state index in [0.717, 1.165) is 93.7 Å². The molecule has 8 heterocycles. The first-order valence-electron chi connectivity index (χ1n) is 16.8. The maximum Gasteiger partial charge on any atom is 0.0964 e. The highest BCUT2D eigenvalue weighted by atomic mass is 15.0. The van der Waals surface area contributed by atoms with E-state index in [4.69, 9.17) is 4.98 Å². The highest BCUT2D eigenvalue weighted by Crippen LogP contribution is 2.37. The molecule has 8 nitrogen and oxygen atoms in total. The van der Waals surface area contributed by atoms with Crippen molar-refractivity contribution in [2.45, 2.75) is 7.43 Å². The normalized spacial score (nSPS) is 11.7. The molecule has 0 unspecified atom stereocenters. The van der Waals surface area contributed by atoms with Crippen LogP contribution in [0.3, 0.4) is 0 Å². The average molecular weight is 671 g/mol. The number of pyridine rings is 5. The molecule has 0 saturated heterocycles. The highest BCUT2D eigenvalue weighted by Gasteiger charge is 2.18. The Morgan fingerprint density at radius 3 is 1.23 bits per heavy atom. The van der Waals surface area contributed by atoms with Crippen LogP contribution in [0, 0.1) is 0 Å². The zero-order chi connectivity index (χ0) is 33.5. The molecular formula is C44H30N8. The minimum atomic E-state index is 0. The monoisotopic (exact) mass is 670 g/mol. The third-order valence-electron chi connectivity index (χ3n) is 10.1. The Kier molecular flexibility index (Phi) is 6.53. The summed E-state index contributed by atoms with van der Waals surface area (Å²) in [6, 6.07) is 36.6. The smallest absolute Gasteiger partial charge is 0.0964 e. The predicted octanol–water partition coefficient (Wildman–Crippen LogP) is 10.3. The van der Waals surface area contributed by atoms with Crippen molar-refractivity contribution >= 4 is 65.5 Å². The van der Waals surface area contributed by atoms with E-state index in [1.54, 1.807) is 0 Å². The summed E-state index contributed by atoms with van der Waals surface area (Å²) in [4.78, 5) is 22.4. The van der Waals surface area contributed by atoms with Gasteiger partial charge in [0, 0.05) is 99.8 Å². The molecule has 0 bridgehead atoms. The average Bonchev–Trinajstić information content (AvgIpc) is 3.84. The molecule has 0 spiro atoms. The zero-order valence-electron chi connectivity index (χ0n) is 27.1. The second-order valence-electron chi connectivity index (χ2n) is 12.7. The van der Waals surface area contributed by atoms with Crippen LogP contribution in [0.25, 0.3) is 93.7 Å². The zero-order valence-corrected chi connectivity index (χ0v) is 27.1. The Hall–Kier alpha value is -7.19. The number of aromatic nitrogens is 8. The molecule has 246 valence electrons. The number of benzene rings is 3. The molecule has 0 aliphatic heterocycles. The molecule has 8 heteroatoms. The van der Waals surface area contributed by atoms with Crippen LogP contribution in [-0.2, 0) is 0 Å². The van der Waals surface area contributed by atoms with Gasteiger partial charge in [0.1, 0.15) is 0 Å². The van der Waals surface area contributed by atoms with E-state index >= 15 is 0 Å². The fourth-order valence-electron chi connectivity index (χ4n) is 7.82. The summed E-state index contributed by atoms with van der Waals surface area (Å²) in [5, 5.41) is 5.45. The van der Waals surface area contributed by atoms with Gasteiger partial charge in [-0.1, -0.05) is 31.7 Å². The van der Waals surface area contributed by atoms with Gasteiger partial charge in [0.15, 0.2) is 0 Å². The van der Waals surface area contributed by atoms with Crippen molar-refractivity contribution in [3.05, 3.63) is 159 Å². The number of rotatable bonds is 4. The second kappa shape index (κ2) is 11.4. The quantitative estimate of drug-likeness (QED) is 0.186. The summed E-state index contributed by atoms with van der Waals surface area (Å²) in [5.41, 5.74) is 13.1.